The maximum atomic E-state index is 4.69. The second kappa shape index (κ2) is 6.06. The number of hydrogen-bond donors (Lipinski definition) is 0. The van der Waals surface area contributed by atoms with Crippen molar-refractivity contribution in [3.05, 3.63) is 40.1 Å². The maximum Gasteiger partial charge on any atom is 0.230 e. The van der Waals surface area contributed by atoms with Crippen molar-refractivity contribution in [3.8, 4) is 0 Å². The van der Waals surface area contributed by atoms with Gasteiger partial charge in [0.15, 0.2) is 0 Å². The first kappa shape index (κ1) is 15.8. The molecule has 21 heavy (non-hydrogen) atoms. The Morgan fingerprint density at radius 1 is 0.905 bits per heavy atom. The van der Waals surface area contributed by atoms with Gasteiger partial charge in [-0.2, -0.15) is 0 Å². The minimum absolute atomic E-state index is 0.755. The van der Waals surface area contributed by atoms with E-state index in [-0.39, 0.29) is 0 Å². The van der Waals surface area contributed by atoms with Gasteiger partial charge < -0.3 is 4.90 Å². The average Bonchev–Trinajstić information content (AvgIpc) is 2.46. The van der Waals surface area contributed by atoms with Crippen LogP contribution in [0.2, 0.25) is 0 Å². The highest BCUT2D eigenvalue weighted by Gasteiger charge is 2.13. The predicted octanol–water partition coefficient (Wildman–Crippen LogP) is 4.51. The van der Waals surface area contributed by atoms with Crippen molar-refractivity contribution in [2.75, 3.05) is 18.2 Å². The predicted molar refractivity (Wildman–Crippen MR) is 92.0 cm³/mol. The van der Waals surface area contributed by atoms with Gasteiger partial charge in [0.1, 0.15) is 5.03 Å². The Labute approximate surface area is 131 Å². The number of nitrogens with zero attached hydrogens (tertiary/aromatic N) is 3. The highest BCUT2D eigenvalue weighted by atomic mass is 32.2. The normalized spacial score (nSPS) is 10.8. The molecule has 3 nitrogen and oxygen atoms in total. The molecule has 0 aliphatic carbocycles. The fraction of sp³-hybridized carbons (Fsp3) is 0.412. The molecule has 0 N–H and O–H groups in total. The van der Waals surface area contributed by atoms with Crippen LogP contribution in [0.3, 0.4) is 0 Å². The Balaban J connectivity index is 2.49. The first-order valence-electron chi connectivity index (χ1n) is 7.06. The van der Waals surface area contributed by atoms with Gasteiger partial charge in [0, 0.05) is 24.0 Å². The van der Waals surface area contributed by atoms with Crippen molar-refractivity contribution in [2.45, 2.75) is 39.6 Å². The molecule has 0 saturated heterocycles. The Morgan fingerprint density at radius 2 is 1.48 bits per heavy atom. The summed E-state index contributed by atoms with van der Waals surface area (Å²) in [6, 6.07) is 4.39. The van der Waals surface area contributed by atoms with Crippen LogP contribution in [0.1, 0.15) is 27.9 Å². The van der Waals surface area contributed by atoms with Gasteiger partial charge in [0.05, 0.1) is 0 Å². The molecule has 0 spiro atoms. The molecule has 1 aromatic heterocycles. The summed E-state index contributed by atoms with van der Waals surface area (Å²) in [5, 5.41) is 1.05. The Morgan fingerprint density at radius 3 is 2.00 bits per heavy atom. The van der Waals surface area contributed by atoms with Crippen LogP contribution in [-0.4, -0.2) is 23.3 Å². The van der Waals surface area contributed by atoms with Gasteiger partial charge in [-0.3, -0.25) is 0 Å². The summed E-state index contributed by atoms with van der Waals surface area (Å²) in [6.07, 6.45) is 2.05. The van der Waals surface area contributed by atoms with E-state index in [1.807, 2.05) is 14.0 Å². The van der Waals surface area contributed by atoms with E-state index >= 15 is 0 Å². The van der Waals surface area contributed by atoms with E-state index < -0.39 is 0 Å². The number of benzene rings is 1. The quantitative estimate of drug-likeness (QED) is 0.616. The van der Waals surface area contributed by atoms with E-state index in [0.29, 0.717) is 0 Å². The Hall–Kier alpha value is -1.55. The first-order valence-corrected chi connectivity index (χ1v) is 8.28. The summed E-state index contributed by atoms with van der Waals surface area (Å²) in [4.78, 5) is 11.4. The first-order chi connectivity index (χ1) is 9.85. The lowest BCUT2D eigenvalue weighted by atomic mass is 10.0. The fourth-order valence-electron chi connectivity index (χ4n) is 2.26. The zero-order valence-corrected chi connectivity index (χ0v) is 14.7. The van der Waals surface area contributed by atoms with Crippen LogP contribution in [0.4, 0.5) is 11.6 Å². The zero-order valence-electron chi connectivity index (χ0n) is 13.9. The smallest absolute Gasteiger partial charge is 0.230 e. The molecule has 0 radical (unpaired) electrons. The molecule has 112 valence electrons. The topological polar surface area (TPSA) is 29.0 Å². The lowest BCUT2D eigenvalue weighted by Gasteiger charge is -2.21. The lowest BCUT2D eigenvalue weighted by molar-refractivity contribution is 0.925. The third kappa shape index (κ3) is 3.05. The monoisotopic (exact) mass is 301 g/mol. The summed E-state index contributed by atoms with van der Waals surface area (Å²) in [5.74, 6) is 0.755. The van der Waals surface area contributed by atoms with Crippen LogP contribution in [-0.2, 0) is 0 Å². The van der Waals surface area contributed by atoms with Crippen molar-refractivity contribution in [1.82, 2.24) is 9.97 Å². The summed E-state index contributed by atoms with van der Waals surface area (Å²) in [6.45, 7) is 10.6. The molecule has 0 fully saturated rings. The van der Waals surface area contributed by atoms with Crippen LogP contribution in [0.25, 0.3) is 0 Å². The molecule has 4 heteroatoms. The van der Waals surface area contributed by atoms with Crippen molar-refractivity contribution in [2.24, 2.45) is 0 Å². The van der Waals surface area contributed by atoms with E-state index in [1.165, 1.54) is 16.7 Å². The molecular weight excluding hydrogens is 278 g/mol. The number of aryl methyl sites for hydroxylation is 3. The van der Waals surface area contributed by atoms with Crippen LogP contribution < -0.4 is 4.90 Å². The highest BCUT2D eigenvalue weighted by molar-refractivity contribution is 7.98. The van der Waals surface area contributed by atoms with Gasteiger partial charge in [-0.15, -0.1) is 11.8 Å². The van der Waals surface area contributed by atoms with Crippen LogP contribution in [0, 0.1) is 34.6 Å². The van der Waals surface area contributed by atoms with E-state index in [2.05, 4.69) is 61.0 Å². The van der Waals surface area contributed by atoms with Crippen LogP contribution in [0.5, 0.6) is 0 Å². The minimum Gasteiger partial charge on any atom is -0.314 e. The van der Waals surface area contributed by atoms with E-state index in [9.17, 15) is 0 Å². The summed E-state index contributed by atoms with van der Waals surface area (Å²) in [5.41, 5.74) is 7.27. The fourth-order valence-corrected chi connectivity index (χ4v) is 2.89. The van der Waals surface area contributed by atoms with Crippen molar-refractivity contribution < 1.29 is 0 Å². The van der Waals surface area contributed by atoms with Crippen LogP contribution in [0.15, 0.2) is 17.2 Å². The van der Waals surface area contributed by atoms with E-state index in [0.717, 1.165) is 27.9 Å². The maximum absolute atomic E-state index is 4.69. The van der Waals surface area contributed by atoms with E-state index in [4.69, 9.17) is 0 Å². The number of aromatic nitrogens is 2. The molecule has 1 aromatic carbocycles. The van der Waals surface area contributed by atoms with Crippen LogP contribution >= 0.6 is 11.8 Å². The molecule has 1 heterocycles. The molecular formula is C17H23N3S. The molecule has 0 aliphatic rings. The molecule has 0 atom stereocenters. The minimum atomic E-state index is 0.755. The number of rotatable bonds is 3. The third-order valence-electron chi connectivity index (χ3n) is 4.13. The third-order valence-corrected chi connectivity index (χ3v) is 4.91. The Bertz CT molecular complexity index is 657. The SMILES string of the molecule is CSc1nc(N(C)c2cc(C)c(C)c(C)c2)nc(C)c1C. The molecule has 0 unspecified atom stereocenters. The summed E-state index contributed by atoms with van der Waals surface area (Å²) >= 11 is 1.67. The molecule has 0 aliphatic heterocycles. The largest absolute Gasteiger partial charge is 0.314 e. The van der Waals surface area contributed by atoms with Gasteiger partial charge in [-0.25, -0.2) is 9.97 Å². The van der Waals surface area contributed by atoms with Crippen molar-refractivity contribution in [3.63, 3.8) is 0 Å². The zero-order chi connectivity index (χ0) is 15.7. The number of anilines is 2. The molecule has 0 bridgehead atoms. The van der Waals surface area contributed by atoms with Gasteiger partial charge in [-0.05, 0) is 69.7 Å². The summed E-state index contributed by atoms with van der Waals surface area (Å²) < 4.78 is 0. The second-order valence-electron chi connectivity index (χ2n) is 5.51. The van der Waals surface area contributed by atoms with Gasteiger partial charge in [-0.1, -0.05) is 0 Å². The van der Waals surface area contributed by atoms with Gasteiger partial charge >= 0.3 is 0 Å². The number of hydrogen-bond acceptors (Lipinski definition) is 4. The molecule has 0 amide bonds. The van der Waals surface area contributed by atoms with Crippen molar-refractivity contribution in [1.29, 1.82) is 0 Å². The summed E-state index contributed by atoms with van der Waals surface area (Å²) in [7, 11) is 2.03. The average molecular weight is 301 g/mol. The lowest BCUT2D eigenvalue weighted by Crippen LogP contribution is -2.15. The Kier molecular flexibility index (Phi) is 4.57. The standard InChI is InChI=1S/C17H23N3S/c1-10-8-15(9-11(2)12(10)3)20(6)17-18-14(5)13(4)16(19-17)21-7/h8-9H,1-7H3. The van der Waals surface area contributed by atoms with Crippen molar-refractivity contribution >= 4 is 23.4 Å². The van der Waals surface area contributed by atoms with E-state index in [1.54, 1.807) is 11.8 Å². The number of thioether (sulfide) groups is 1. The molecule has 2 rings (SSSR count). The van der Waals surface area contributed by atoms with Gasteiger partial charge in [0.2, 0.25) is 5.95 Å². The van der Waals surface area contributed by atoms with Gasteiger partial charge in [0.25, 0.3) is 0 Å². The highest BCUT2D eigenvalue weighted by Crippen LogP contribution is 2.28. The molecule has 0 saturated carbocycles. The second-order valence-corrected chi connectivity index (χ2v) is 6.30. The molecule has 2 aromatic rings.